The summed E-state index contributed by atoms with van der Waals surface area (Å²) in [6.45, 7) is 21.2. The molecule has 1 aliphatic rings. The summed E-state index contributed by atoms with van der Waals surface area (Å²) in [5.41, 5.74) is 17.8. The molecule has 0 spiro atoms. The predicted octanol–water partition coefficient (Wildman–Crippen LogP) is 10.6. The van der Waals surface area contributed by atoms with Crippen LogP contribution in [0.1, 0.15) is 116 Å². The molecule has 0 fully saturated rings. The van der Waals surface area contributed by atoms with Gasteiger partial charge >= 0.3 is 0 Å². The Bertz CT molecular complexity index is 1670. The smallest absolute Gasteiger partial charge is 0.245 e. The number of rotatable bonds is 8. The van der Waals surface area contributed by atoms with Crippen LogP contribution in [0.5, 0.6) is 0 Å². The first-order chi connectivity index (χ1) is 21.4. The lowest BCUT2D eigenvalue weighted by atomic mass is 9.35. The molecule has 0 unspecified atom stereocenters. The largest absolute Gasteiger partial charge is 0.399 e. The van der Waals surface area contributed by atoms with E-state index in [1.54, 1.807) is 6.92 Å². The van der Waals surface area contributed by atoms with E-state index in [1.807, 2.05) is 20.8 Å². The molecule has 236 valence electrons. The van der Waals surface area contributed by atoms with Crippen LogP contribution in [0.25, 0.3) is 27.6 Å². The Hall–Kier alpha value is -3.59. The van der Waals surface area contributed by atoms with Gasteiger partial charge in [-0.3, -0.25) is 0 Å². The Kier molecular flexibility index (Phi) is 10.8. The molecule has 4 aromatic rings. The third kappa shape index (κ3) is 6.55. The minimum Gasteiger partial charge on any atom is -0.399 e. The zero-order chi connectivity index (χ0) is 33.1. The zero-order valence-electron chi connectivity index (χ0n) is 29.3. The van der Waals surface area contributed by atoms with Crippen molar-refractivity contribution in [1.29, 1.82) is 0 Å². The molecule has 1 heterocycles. The van der Waals surface area contributed by atoms with E-state index in [-0.39, 0.29) is 6.71 Å². The molecule has 0 bridgehead atoms. The van der Waals surface area contributed by atoms with Crippen molar-refractivity contribution in [2.24, 2.45) is 5.73 Å². The lowest BCUT2D eigenvalue weighted by molar-refractivity contribution is 0.237. The number of benzene rings is 4. The van der Waals surface area contributed by atoms with Gasteiger partial charge in [0.1, 0.15) is 6.17 Å². The maximum atomic E-state index is 15.5. The summed E-state index contributed by atoms with van der Waals surface area (Å²) >= 11 is 0. The van der Waals surface area contributed by atoms with Gasteiger partial charge in [0.25, 0.3) is 0 Å². The number of hydrogen-bond donors (Lipinski definition) is 1. The van der Waals surface area contributed by atoms with E-state index in [2.05, 4.69) is 126 Å². The summed E-state index contributed by atoms with van der Waals surface area (Å²) in [4.78, 5) is 0. The lowest BCUT2D eigenvalue weighted by Gasteiger charge is -2.31. The highest BCUT2D eigenvalue weighted by molar-refractivity contribution is 6.94. The minimum absolute atomic E-state index is 0.0309. The fourth-order valence-electron chi connectivity index (χ4n) is 6.63. The number of nitrogens with two attached hydrogens (primary N) is 1. The van der Waals surface area contributed by atoms with Crippen molar-refractivity contribution in [3.8, 4) is 11.1 Å². The first-order valence-electron chi connectivity index (χ1n) is 17.0. The molecule has 0 aliphatic carbocycles. The zero-order valence-corrected chi connectivity index (χ0v) is 29.3. The summed E-state index contributed by atoms with van der Waals surface area (Å²) in [6, 6.07) is 26.3. The van der Waals surface area contributed by atoms with E-state index < -0.39 is 11.6 Å². The Labute approximate surface area is 272 Å². The van der Waals surface area contributed by atoms with E-state index in [9.17, 15) is 0 Å². The molecule has 0 radical (unpaired) electrons. The van der Waals surface area contributed by atoms with Crippen molar-refractivity contribution >= 4 is 34.1 Å². The van der Waals surface area contributed by atoms with Gasteiger partial charge in [-0.15, -0.1) is 0 Å². The van der Waals surface area contributed by atoms with Crippen molar-refractivity contribution in [3.63, 3.8) is 0 Å². The van der Waals surface area contributed by atoms with Crippen molar-refractivity contribution in [2.45, 2.75) is 106 Å². The lowest BCUT2D eigenvalue weighted by Crippen LogP contribution is -2.47. The van der Waals surface area contributed by atoms with E-state index in [1.165, 1.54) is 45.7 Å². The van der Waals surface area contributed by atoms with Crippen LogP contribution in [0.15, 0.2) is 90.4 Å². The molecule has 0 amide bonds. The Balaban J connectivity index is 0.00000109. The van der Waals surface area contributed by atoms with Crippen LogP contribution in [0.4, 0.5) is 4.39 Å². The predicted molar refractivity (Wildman–Crippen MR) is 199 cm³/mol. The maximum Gasteiger partial charge on any atom is 0.245 e. The van der Waals surface area contributed by atoms with Gasteiger partial charge in [-0.1, -0.05) is 158 Å². The molecule has 1 nitrogen and oxygen atoms in total. The number of alkyl halides is 1. The van der Waals surface area contributed by atoms with Crippen molar-refractivity contribution in [1.82, 2.24) is 0 Å². The van der Waals surface area contributed by atoms with Crippen LogP contribution in [0.3, 0.4) is 0 Å². The molecule has 0 aromatic heterocycles. The average Bonchev–Trinajstić information content (AvgIpc) is 3.30. The number of fused-ring (bicyclic) bond motifs is 2. The quantitative estimate of drug-likeness (QED) is 0.200. The topological polar surface area (TPSA) is 26.0 Å². The molecule has 45 heavy (non-hydrogen) atoms. The third-order valence-corrected chi connectivity index (χ3v) is 9.71. The fourth-order valence-corrected chi connectivity index (χ4v) is 6.63. The van der Waals surface area contributed by atoms with E-state index >= 15 is 4.39 Å². The van der Waals surface area contributed by atoms with Gasteiger partial charge in [-0.25, -0.2) is 4.39 Å². The fraction of sp³-hybridized carbons (Fsp3) is 0.381. The van der Waals surface area contributed by atoms with Crippen LogP contribution >= 0.6 is 0 Å². The van der Waals surface area contributed by atoms with Crippen molar-refractivity contribution in [2.75, 3.05) is 0 Å². The molecule has 1 atom stereocenters. The van der Waals surface area contributed by atoms with Crippen LogP contribution in [0, 0.1) is 0 Å². The molecular weight excluding hydrogens is 548 g/mol. The van der Waals surface area contributed by atoms with Crippen LogP contribution in [-0.2, 0) is 5.41 Å². The number of halogens is 1. The molecule has 0 saturated carbocycles. The first kappa shape index (κ1) is 34.3. The summed E-state index contributed by atoms with van der Waals surface area (Å²) in [5, 5.41) is 2.39. The molecule has 4 aromatic carbocycles. The molecule has 1 aliphatic heterocycles. The number of allylic oxidation sites excluding steroid dienone is 3. The number of unbranched alkanes of at least 4 members (excludes halogenated alkanes) is 1. The molecular formula is C42H53BFN. The van der Waals surface area contributed by atoms with Gasteiger partial charge < -0.3 is 5.73 Å². The second-order valence-corrected chi connectivity index (χ2v) is 13.8. The van der Waals surface area contributed by atoms with E-state index in [4.69, 9.17) is 5.73 Å². The first-order valence-corrected chi connectivity index (χ1v) is 17.0. The van der Waals surface area contributed by atoms with Gasteiger partial charge in [-0.2, -0.15) is 0 Å². The number of hydrogen-bond acceptors (Lipinski definition) is 1. The van der Waals surface area contributed by atoms with E-state index in [0.29, 0.717) is 11.8 Å². The summed E-state index contributed by atoms with van der Waals surface area (Å²) in [7, 11) is 0. The third-order valence-electron chi connectivity index (χ3n) is 9.71. The highest BCUT2D eigenvalue weighted by Crippen LogP contribution is 2.41. The van der Waals surface area contributed by atoms with Gasteiger partial charge in [0.15, 0.2) is 0 Å². The monoisotopic (exact) mass is 601 g/mol. The molecule has 2 N–H and O–H groups in total. The van der Waals surface area contributed by atoms with Crippen LogP contribution in [-0.4, -0.2) is 12.9 Å². The van der Waals surface area contributed by atoms with Gasteiger partial charge in [0, 0.05) is 11.1 Å². The van der Waals surface area contributed by atoms with E-state index in [0.717, 1.165) is 33.4 Å². The maximum absolute atomic E-state index is 15.5. The van der Waals surface area contributed by atoms with Gasteiger partial charge in [-0.05, 0) is 81.4 Å². The SMILES string of the molecule is C/C=C\C1=C(N)c2c(cc(-c3cccc4ccccc34)cc2C(C)(C)[C@@H](C)F)B1c1c(C(C)C)cccc1C(C)C.CCCC. The van der Waals surface area contributed by atoms with Crippen LogP contribution < -0.4 is 16.7 Å². The summed E-state index contributed by atoms with van der Waals surface area (Å²) in [5.74, 6) is 0.702. The van der Waals surface area contributed by atoms with Crippen molar-refractivity contribution in [3.05, 3.63) is 113 Å². The second kappa shape index (κ2) is 14.2. The highest BCUT2D eigenvalue weighted by atomic mass is 19.1. The Morgan fingerprint density at radius 1 is 0.822 bits per heavy atom. The second-order valence-electron chi connectivity index (χ2n) is 13.8. The Morgan fingerprint density at radius 2 is 1.40 bits per heavy atom. The molecule has 0 saturated heterocycles. The van der Waals surface area contributed by atoms with Crippen LogP contribution in [0.2, 0.25) is 0 Å². The summed E-state index contributed by atoms with van der Waals surface area (Å²) in [6.07, 6.45) is 5.84. The standard InChI is InChI=1S/C38H43BFN.C4H10/c1-9-14-33-37(41)35-32(38(7,8)25(6)40)21-27(31-20-12-16-26-15-10-11-17-30(26)31)22-34(35)39(33)36-28(23(2)3)18-13-19-29(36)24(4)5;1-3-4-2/h9-25H,41H2,1-8H3;3-4H2,1-2H3/b14-9-;/t25-;/m1./s1. The average molecular weight is 602 g/mol. The summed E-state index contributed by atoms with van der Waals surface area (Å²) < 4.78 is 15.5. The van der Waals surface area contributed by atoms with Crippen molar-refractivity contribution < 1.29 is 4.39 Å². The molecule has 3 heteroatoms. The van der Waals surface area contributed by atoms with Gasteiger partial charge in [0.2, 0.25) is 6.71 Å². The minimum atomic E-state index is -1.06. The highest BCUT2D eigenvalue weighted by Gasteiger charge is 2.42. The molecule has 5 rings (SSSR count). The normalized spacial score (nSPS) is 14.0. The Morgan fingerprint density at radius 3 is 1.96 bits per heavy atom. The van der Waals surface area contributed by atoms with Gasteiger partial charge in [0.05, 0.1) is 0 Å².